The van der Waals surface area contributed by atoms with Crippen molar-refractivity contribution in [2.45, 2.75) is 32.7 Å². The zero-order valence-electron chi connectivity index (χ0n) is 15.2. The minimum absolute atomic E-state index is 0. The first-order chi connectivity index (χ1) is 10.7. The molecule has 1 N–H and O–H groups in total. The molecule has 2 rings (SSSR count). The Kier molecular flexibility index (Phi) is 11.5. The van der Waals surface area contributed by atoms with Gasteiger partial charge in [0.2, 0.25) is 0 Å². The third-order valence-corrected chi connectivity index (χ3v) is 4.41. The summed E-state index contributed by atoms with van der Waals surface area (Å²) in [6.45, 7) is 8.82. The van der Waals surface area contributed by atoms with Gasteiger partial charge in [0.15, 0.2) is 0 Å². The standard InChI is InChI=1S/C18H30N2O2.2ClH/c1-14(2)8-9-15(20-12-10-19-11-13-20)18-16(21-3)6-5-7-17(18)22-4;;/h5-7,14-15,19H,8-13H2,1-4H3;2*1H/t15-;;/m0../s1. The Bertz CT molecular complexity index is 444. The van der Waals surface area contributed by atoms with Crippen LogP contribution in [0.25, 0.3) is 0 Å². The highest BCUT2D eigenvalue weighted by atomic mass is 35.5. The zero-order chi connectivity index (χ0) is 15.9. The van der Waals surface area contributed by atoms with E-state index in [1.165, 1.54) is 12.0 Å². The highest BCUT2D eigenvalue weighted by molar-refractivity contribution is 5.85. The quantitative estimate of drug-likeness (QED) is 0.778. The number of hydrogen-bond acceptors (Lipinski definition) is 4. The fourth-order valence-corrected chi connectivity index (χ4v) is 3.20. The van der Waals surface area contributed by atoms with Crippen molar-refractivity contribution in [3.8, 4) is 11.5 Å². The lowest BCUT2D eigenvalue weighted by Crippen LogP contribution is -2.45. The summed E-state index contributed by atoms with van der Waals surface area (Å²) in [6, 6.07) is 6.44. The van der Waals surface area contributed by atoms with Crippen LogP contribution in [0.5, 0.6) is 11.5 Å². The van der Waals surface area contributed by atoms with Crippen molar-refractivity contribution < 1.29 is 9.47 Å². The summed E-state index contributed by atoms with van der Waals surface area (Å²) >= 11 is 0. The van der Waals surface area contributed by atoms with Gasteiger partial charge in [-0.3, -0.25) is 4.90 Å². The molecule has 1 aliphatic heterocycles. The Hall–Kier alpha value is -0.680. The number of nitrogens with one attached hydrogen (secondary N) is 1. The van der Waals surface area contributed by atoms with Crippen molar-refractivity contribution in [1.82, 2.24) is 10.2 Å². The molecule has 0 bridgehead atoms. The van der Waals surface area contributed by atoms with Crippen LogP contribution < -0.4 is 14.8 Å². The summed E-state index contributed by atoms with van der Waals surface area (Å²) in [5.74, 6) is 2.57. The smallest absolute Gasteiger partial charge is 0.127 e. The van der Waals surface area contributed by atoms with Crippen molar-refractivity contribution in [1.29, 1.82) is 0 Å². The molecule has 0 spiro atoms. The molecule has 24 heavy (non-hydrogen) atoms. The van der Waals surface area contributed by atoms with E-state index in [4.69, 9.17) is 9.47 Å². The summed E-state index contributed by atoms with van der Waals surface area (Å²) in [5.41, 5.74) is 1.20. The average Bonchev–Trinajstić information content (AvgIpc) is 2.55. The van der Waals surface area contributed by atoms with E-state index in [0.29, 0.717) is 12.0 Å². The number of ether oxygens (including phenoxy) is 2. The van der Waals surface area contributed by atoms with Gasteiger partial charge in [0, 0.05) is 32.2 Å². The highest BCUT2D eigenvalue weighted by Gasteiger charge is 2.27. The Balaban J connectivity index is 0.00000264. The Morgan fingerprint density at radius 2 is 1.54 bits per heavy atom. The van der Waals surface area contributed by atoms with Crippen LogP contribution in [0.3, 0.4) is 0 Å². The summed E-state index contributed by atoms with van der Waals surface area (Å²) in [5, 5.41) is 3.44. The fourth-order valence-electron chi connectivity index (χ4n) is 3.20. The van der Waals surface area contributed by atoms with E-state index in [0.717, 1.165) is 44.1 Å². The van der Waals surface area contributed by atoms with Gasteiger partial charge in [-0.05, 0) is 30.9 Å². The van der Waals surface area contributed by atoms with Crippen LogP contribution in [0.1, 0.15) is 38.3 Å². The van der Waals surface area contributed by atoms with Crippen molar-refractivity contribution in [3.05, 3.63) is 23.8 Å². The summed E-state index contributed by atoms with van der Waals surface area (Å²) in [7, 11) is 3.49. The SMILES string of the molecule is COc1cccc(OC)c1[C@H](CCC(C)C)N1CCNCC1.Cl.Cl. The number of hydrogen-bond donors (Lipinski definition) is 1. The van der Waals surface area contributed by atoms with Crippen molar-refractivity contribution >= 4 is 24.8 Å². The second kappa shape index (κ2) is 11.8. The first-order valence-corrected chi connectivity index (χ1v) is 8.33. The predicted molar refractivity (Wildman–Crippen MR) is 105 cm³/mol. The van der Waals surface area contributed by atoms with Gasteiger partial charge in [-0.2, -0.15) is 0 Å². The Morgan fingerprint density at radius 1 is 1.00 bits per heavy atom. The minimum atomic E-state index is 0. The first kappa shape index (κ1) is 23.3. The number of halogens is 2. The minimum Gasteiger partial charge on any atom is -0.496 e. The molecule has 0 unspecified atom stereocenters. The Morgan fingerprint density at radius 3 is 2.00 bits per heavy atom. The number of methoxy groups -OCH3 is 2. The van der Waals surface area contributed by atoms with E-state index >= 15 is 0 Å². The lowest BCUT2D eigenvalue weighted by atomic mass is 9.94. The molecule has 0 saturated carbocycles. The number of nitrogens with zero attached hydrogens (tertiary/aromatic N) is 1. The molecule has 1 saturated heterocycles. The highest BCUT2D eigenvalue weighted by Crippen LogP contribution is 2.40. The van der Waals surface area contributed by atoms with E-state index in [2.05, 4.69) is 24.1 Å². The molecule has 1 fully saturated rings. The van der Waals surface area contributed by atoms with E-state index in [1.54, 1.807) is 14.2 Å². The van der Waals surface area contributed by atoms with Crippen LogP contribution in [0.4, 0.5) is 0 Å². The van der Waals surface area contributed by atoms with Gasteiger partial charge in [-0.1, -0.05) is 19.9 Å². The molecule has 1 aromatic carbocycles. The van der Waals surface area contributed by atoms with Gasteiger partial charge in [0.05, 0.1) is 19.8 Å². The second-order valence-corrected chi connectivity index (χ2v) is 6.35. The monoisotopic (exact) mass is 378 g/mol. The van der Waals surface area contributed by atoms with Gasteiger partial charge < -0.3 is 14.8 Å². The van der Waals surface area contributed by atoms with Crippen LogP contribution in [0, 0.1) is 5.92 Å². The molecular formula is C18H32Cl2N2O2. The molecule has 140 valence electrons. The maximum absolute atomic E-state index is 5.64. The molecular weight excluding hydrogens is 347 g/mol. The second-order valence-electron chi connectivity index (χ2n) is 6.35. The largest absolute Gasteiger partial charge is 0.496 e. The summed E-state index contributed by atoms with van der Waals surface area (Å²) in [4.78, 5) is 2.57. The lowest BCUT2D eigenvalue weighted by Gasteiger charge is -2.36. The number of piperazine rings is 1. The molecule has 1 atom stereocenters. The van der Waals surface area contributed by atoms with E-state index < -0.39 is 0 Å². The topological polar surface area (TPSA) is 33.7 Å². The molecule has 0 radical (unpaired) electrons. The molecule has 1 aliphatic rings. The molecule has 1 aromatic rings. The average molecular weight is 379 g/mol. The van der Waals surface area contributed by atoms with Crippen molar-refractivity contribution in [2.24, 2.45) is 5.92 Å². The van der Waals surface area contributed by atoms with E-state index in [9.17, 15) is 0 Å². The van der Waals surface area contributed by atoms with Crippen LogP contribution in [0.2, 0.25) is 0 Å². The maximum atomic E-state index is 5.64. The normalized spacial score (nSPS) is 16.0. The fraction of sp³-hybridized carbons (Fsp3) is 0.667. The van der Waals surface area contributed by atoms with Crippen molar-refractivity contribution in [2.75, 3.05) is 40.4 Å². The molecule has 6 heteroatoms. The first-order valence-electron chi connectivity index (χ1n) is 8.33. The lowest BCUT2D eigenvalue weighted by molar-refractivity contribution is 0.154. The van der Waals surface area contributed by atoms with Gasteiger partial charge in [0.1, 0.15) is 11.5 Å². The number of benzene rings is 1. The van der Waals surface area contributed by atoms with Crippen molar-refractivity contribution in [3.63, 3.8) is 0 Å². The maximum Gasteiger partial charge on any atom is 0.127 e. The van der Waals surface area contributed by atoms with E-state index in [1.807, 2.05) is 18.2 Å². The third-order valence-electron chi connectivity index (χ3n) is 4.41. The van der Waals surface area contributed by atoms with Gasteiger partial charge in [-0.25, -0.2) is 0 Å². The number of rotatable bonds is 7. The zero-order valence-corrected chi connectivity index (χ0v) is 16.8. The van der Waals surface area contributed by atoms with Crippen LogP contribution in [-0.4, -0.2) is 45.3 Å². The van der Waals surface area contributed by atoms with Gasteiger partial charge in [0.25, 0.3) is 0 Å². The van der Waals surface area contributed by atoms with Crippen LogP contribution >= 0.6 is 24.8 Å². The van der Waals surface area contributed by atoms with Gasteiger partial charge in [-0.15, -0.1) is 24.8 Å². The third kappa shape index (κ3) is 5.99. The van der Waals surface area contributed by atoms with E-state index in [-0.39, 0.29) is 24.8 Å². The summed E-state index contributed by atoms with van der Waals surface area (Å²) < 4.78 is 11.3. The van der Waals surface area contributed by atoms with Crippen LogP contribution in [0.15, 0.2) is 18.2 Å². The summed E-state index contributed by atoms with van der Waals surface area (Å²) in [6.07, 6.45) is 2.34. The predicted octanol–water partition coefficient (Wildman–Crippen LogP) is 3.93. The van der Waals surface area contributed by atoms with Gasteiger partial charge >= 0.3 is 0 Å². The molecule has 0 aromatic heterocycles. The molecule has 4 nitrogen and oxygen atoms in total. The molecule has 1 heterocycles. The molecule has 0 amide bonds. The molecule has 0 aliphatic carbocycles. The van der Waals surface area contributed by atoms with Crippen LogP contribution in [-0.2, 0) is 0 Å². The Labute approximate surface area is 159 Å².